The normalized spacial score (nSPS) is 12.6. The fourth-order valence-electron chi connectivity index (χ4n) is 1.47. The molecule has 0 radical (unpaired) electrons. The number of H-pyrrole nitrogens is 1. The van der Waals surface area contributed by atoms with Crippen molar-refractivity contribution in [3.8, 4) is 0 Å². The van der Waals surface area contributed by atoms with Crippen LogP contribution in [0.4, 0.5) is 4.39 Å². The molecule has 0 aliphatic heterocycles. The Bertz CT molecular complexity index is 499. The molecule has 0 bridgehead atoms. The van der Waals surface area contributed by atoms with Crippen molar-refractivity contribution >= 4 is 0 Å². The Kier molecular flexibility index (Phi) is 6.40. The zero-order chi connectivity index (χ0) is 14.3. The van der Waals surface area contributed by atoms with E-state index in [9.17, 15) is 14.0 Å². The first-order valence-electron chi connectivity index (χ1n) is 5.70. The summed E-state index contributed by atoms with van der Waals surface area (Å²) in [5.74, 6) is -1.04. The highest BCUT2D eigenvalue weighted by Gasteiger charge is 2.13. The van der Waals surface area contributed by atoms with Crippen molar-refractivity contribution in [1.82, 2.24) is 9.55 Å². The molecule has 108 valence electrons. The average Bonchev–Trinajstić information content (AvgIpc) is 2.39. The van der Waals surface area contributed by atoms with Crippen LogP contribution in [0.5, 0.6) is 0 Å². The molecule has 0 amide bonds. The van der Waals surface area contributed by atoms with Crippen molar-refractivity contribution in [2.75, 3.05) is 34.0 Å². The van der Waals surface area contributed by atoms with Gasteiger partial charge in [0.05, 0.1) is 26.0 Å². The number of aromatic nitrogens is 2. The lowest BCUT2D eigenvalue weighted by Crippen LogP contribution is -2.34. The van der Waals surface area contributed by atoms with Crippen molar-refractivity contribution in [3.63, 3.8) is 0 Å². The molecule has 1 N–H and O–H groups in total. The summed E-state index contributed by atoms with van der Waals surface area (Å²) in [6.45, 7) is 1.20. The lowest BCUT2D eigenvalue weighted by atomic mass is 10.4. The van der Waals surface area contributed by atoms with Gasteiger partial charge >= 0.3 is 5.69 Å². The van der Waals surface area contributed by atoms with Crippen LogP contribution in [-0.4, -0.2) is 43.6 Å². The summed E-state index contributed by atoms with van der Waals surface area (Å²) in [6, 6.07) is 0. The van der Waals surface area contributed by atoms with Crippen LogP contribution in [-0.2, 0) is 14.2 Å². The molecule has 0 saturated carbocycles. The van der Waals surface area contributed by atoms with Gasteiger partial charge in [0.1, 0.15) is 6.23 Å². The quantitative estimate of drug-likeness (QED) is 0.669. The fraction of sp³-hybridized carbons (Fsp3) is 0.636. The monoisotopic (exact) mass is 276 g/mol. The molecule has 0 aromatic carbocycles. The lowest BCUT2D eigenvalue weighted by molar-refractivity contribution is -0.00331. The Morgan fingerprint density at radius 3 is 2.68 bits per heavy atom. The van der Waals surface area contributed by atoms with Gasteiger partial charge in [-0.25, -0.2) is 4.79 Å². The summed E-state index contributed by atoms with van der Waals surface area (Å²) in [7, 11) is 2.94. The first-order chi connectivity index (χ1) is 9.10. The van der Waals surface area contributed by atoms with Crippen LogP contribution in [0.3, 0.4) is 0 Å². The van der Waals surface area contributed by atoms with Gasteiger partial charge in [-0.05, 0) is 0 Å². The summed E-state index contributed by atoms with van der Waals surface area (Å²) >= 11 is 0. The summed E-state index contributed by atoms with van der Waals surface area (Å²) in [5, 5.41) is 0. The molecule has 0 aliphatic rings. The molecule has 0 saturated heterocycles. The molecule has 0 fully saturated rings. The van der Waals surface area contributed by atoms with E-state index in [-0.39, 0.29) is 0 Å². The van der Waals surface area contributed by atoms with E-state index in [4.69, 9.17) is 14.2 Å². The largest absolute Gasteiger partial charge is 0.382 e. The number of aromatic amines is 1. The minimum atomic E-state index is -1.05. The number of hydrogen-bond acceptors (Lipinski definition) is 5. The maximum atomic E-state index is 13.1. The van der Waals surface area contributed by atoms with Gasteiger partial charge in [0.15, 0.2) is 0 Å². The zero-order valence-electron chi connectivity index (χ0n) is 10.8. The van der Waals surface area contributed by atoms with Gasteiger partial charge in [0.25, 0.3) is 5.56 Å². The molecule has 8 heteroatoms. The van der Waals surface area contributed by atoms with Crippen LogP contribution in [0.15, 0.2) is 15.8 Å². The van der Waals surface area contributed by atoms with Gasteiger partial charge in [-0.2, -0.15) is 4.39 Å². The average molecular weight is 276 g/mol. The van der Waals surface area contributed by atoms with Gasteiger partial charge < -0.3 is 14.2 Å². The molecular weight excluding hydrogens is 259 g/mol. The molecule has 7 nitrogen and oxygen atoms in total. The zero-order valence-corrected chi connectivity index (χ0v) is 10.8. The van der Waals surface area contributed by atoms with E-state index in [1.165, 1.54) is 7.11 Å². The van der Waals surface area contributed by atoms with E-state index in [0.717, 1.165) is 10.8 Å². The Morgan fingerprint density at radius 2 is 2.05 bits per heavy atom. The third-order valence-corrected chi connectivity index (χ3v) is 2.45. The number of nitrogens with one attached hydrogen (secondary N) is 1. The van der Waals surface area contributed by atoms with Crippen LogP contribution in [0.2, 0.25) is 0 Å². The SMILES string of the molecule is COCCOCC[C@@H](OC)n1cc(F)c(=O)[nH]c1=O. The molecule has 1 heterocycles. The van der Waals surface area contributed by atoms with Gasteiger partial charge in [0.2, 0.25) is 5.82 Å². The molecule has 0 aliphatic carbocycles. The molecule has 1 rings (SSSR count). The second-order valence-electron chi connectivity index (χ2n) is 3.73. The van der Waals surface area contributed by atoms with Gasteiger partial charge in [0, 0.05) is 20.6 Å². The first-order valence-corrected chi connectivity index (χ1v) is 5.70. The van der Waals surface area contributed by atoms with Crippen LogP contribution in [0.1, 0.15) is 12.6 Å². The standard InChI is InChI=1S/C11H17FN2O5/c1-17-5-6-19-4-3-9(18-2)14-7-8(12)10(15)13-11(14)16/h7,9H,3-6H2,1-2H3,(H,13,15,16)/t9-/m1/s1. The molecule has 0 spiro atoms. The second kappa shape index (κ2) is 7.82. The number of halogens is 1. The lowest BCUT2D eigenvalue weighted by Gasteiger charge is -2.17. The van der Waals surface area contributed by atoms with E-state index < -0.39 is 23.3 Å². The van der Waals surface area contributed by atoms with Crippen molar-refractivity contribution in [3.05, 3.63) is 32.9 Å². The predicted molar refractivity (Wildman–Crippen MR) is 64.6 cm³/mol. The minimum Gasteiger partial charge on any atom is -0.382 e. The Morgan fingerprint density at radius 1 is 1.32 bits per heavy atom. The van der Waals surface area contributed by atoms with Crippen molar-refractivity contribution < 1.29 is 18.6 Å². The van der Waals surface area contributed by atoms with E-state index in [1.54, 1.807) is 7.11 Å². The maximum absolute atomic E-state index is 13.1. The maximum Gasteiger partial charge on any atom is 0.330 e. The Labute approximate surface area is 108 Å². The third-order valence-electron chi connectivity index (χ3n) is 2.45. The highest BCUT2D eigenvalue weighted by Crippen LogP contribution is 2.09. The molecule has 19 heavy (non-hydrogen) atoms. The van der Waals surface area contributed by atoms with Gasteiger partial charge in [-0.1, -0.05) is 0 Å². The minimum absolute atomic E-state index is 0.315. The number of rotatable bonds is 8. The second-order valence-corrected chi connectivity index (χ2v) is 3.73. The van der Waals surface area contributed by atoms with Crippen molar-refractivity contribution in [1.29, 1.82) is 0 Å². The van der Waals surface area contributed by atoms with E-state index >= 15 is 0 Å². The number of hydrogen-bond donors (Lipinski definition) is 1. The van der Waals surface area contributed by atoms with Crippen LogP contribution in [0, 0.1) is 5.82 Å². The van der Waals surface area contributed by atoms with Crippen LogP contribution < -0.4 is 11.2 Å². The number of ether oxygens (including phenoxy) is 3. The van der Waals surface area contributed by atoms with E-state index in [2.05, 4.69) is 0 Å². The van der Waals surface area contributed by atoms with Crippen LogP contribution >= 0.6 is 0 Å². The Hall–Kier alpha value is -1.51. The van der Waals surface area contributed by atoms with Crippen LogP contribution in [0.25, 0.3) is 0 Å². The Balaban J connectivity index is 2.67. The number of methoxy groups -OCH3 is 2. The summed E-state index contributed by atoms with van der Waals surface area (Å²) < 4.78 is 29.2. The molecule has 1 aromatic rings. The van der Waals surface area contributed by atoms with Crippen molar-refractivity contribution in [2.45, 2.75) is 12.6 Å². The smallest absolute Gasteiger partial charge is 0.330 e. The molecular formula is C11H17FN2O5. The van der Waals surface area contributed by atoms with Gasteiger partial charge in [-0.3, -0.25) is 14.3 Å². The molecule has 0 unspecified atom stereocenters. The van der Waals surface area contributed by atoms with E-state index in [0.29, 0.717) is 26.2 Å². The van der Waals surface area contributed by atoms with E-state index in [1.807, 2.05) is 4.98 Å². The van der Waals surface area contributed by atoms with Crippen molar-refractivity contribution in [2.24, 2.45) is 0 Å². The summed E-state index contributed by atoms with van der Waals surface area (Å²) in [4.78, 5) is 24.3. The number of nitrogens with zero attached hydrogens (tertiary/aromatic N) is 1. The summed E-state index contributed by atoms with van der Waals surface area (Å²) in [6.07, 6.45) is 0.456. The topological polar surface area (TPSA) is 82.6 Å². The highest BCUT2D eigenvalue weighted by atomic mass is 19.1. The predicted octanol–water partition coefficient (Wildman–Crippen LogP) is -0.126. The fourth-order valence-corrected chi connectivity index (χ4v) is 1.47. The van der Waals surface area contributed by atoms with Gasteiger partial charge in [-0.15, -0.1) is 0 Å². The molecule has 1 aromatic heterocycles. The highest BCUT2D eigenvalue weighted by molar-refractivity contribution is 4.88. The summed E-state index contributed by atoms with van der Waals surface area (Å²) in [5.41, 5.74) is -1.78. The molecule has 1 atom stereocenters. The third kappa shape index (κ3) is 4.58. The first kappa shape index (κ1) is 15.5.